The van der Waals surface area contributed by atoms with Gasteiger partial charge in [-0.1, -0.05) is 13.8 Å². The van der Waals surface area contributed by atoms with Crippen molar-refractivity contribution >= 4 is 17.7 Å². The Morgan fingerprint density at radius 3 is 2.41 bits per heavy atom. The van der Waals surface area contributed by atoms with Gasteiger partial charge in [-0.25, -0.2) is 4.98 Å². The molecule has 0 saturated carbocycles. The van der Waals surface area contributed by atoms with Crippen LogP contribution in [0.1, 0.15) is 44.4 Å². The highest BCUT2D eigenvalue weighted by Crippen LogP contribution is 2.30. The van der Waals surface area contributed by atoms with Crippen LogP contribution < -0.4 is 9.80 Å². The van der Waals surface area contributed by atoms with Crippen molar-refractivity contribution in [2.45, 2.75) is 46.1 Å². The molecule has 0 spiro atoms. The molecule has 7 heteroatoms. The largest absolute Gasteiger partial charge is 0.378 e. The summed E-state index contributed by atoms with van der Waals surface area (Å²) in [6.45, 7) is 10.6. The molecule has 27 heavy (non-hydrogen) atoms. The Balaban J connectivity index is 1.68. The van der Waals surface area contributed by atoms with Crippen molar-refractivity contribution in [3.63, 3.8) is 0 Å². The van der Waals surface area contributed by atoms with E-state index in [2.05, 4.69) is 9.80 Å². The monoisotopic (exact) mass is 373 g/mol. The van der Waals surface area contributed by atoms with E-state index in [-0.39, 0.29) is 11.8 Å². The number of piperidine rings is 1. The second kappa shape index (κ2) is 8.00. The highest BCUT2D eigenvalue weighted by molar-refractivity contribution is 5.78. The van der Waals surface area contributed by atoms with Gasteiger partial charge in [0.1, 0.15) is 5.82 Å². The number of hydrogen-bond acceptors (Lipinski definition) is 6. The summed E-state index contributed by atoms with van der Waals surface area (Å²) >= 11 is 0. The van der Waals surface area contributed by atoms with Gasteiger partial charge in [0.25, 0.3) is 0 Å². The molecule has 0 N–H and O–H groups in total. The lowest BCUT2D eigenvalue weighted by Crippen LogP contribution is -2.42. The summed E-state index contributed by atoms with van der Waals surface area (Å²) in [4.78, 5) is 29.1. The first-order chi connectivity index (χ1) is 13.1. The Morgan fingerprint density at radius 2 is 1.70 bits per heavy atom. The molecule has 0 atom stereocenters. The fourth-order valence-corrected chi connectivity index (χ4v) is 4.21. The van der Waals surface area contributed by atoms with Crippen LogP contribution in [0, 0.1) is 5.92 Å². The van der Waals surface area contributed by atoms with Crippen LogP contribution in [0.3, 0.4) is 0 Å². The number of aromatic nitrogens is 2. The number of carbonyl (C=O) groups is 1. The molecule has 2 saturated heterocycles. The average molecular weight is 374 g/mol. The first-order valence-electron chi connectivity index (χ1n) is 10.4. The highest BCUT2D eigenvalue weighted by Gasteiger charge is 2.30. The summed E-state index contributed by atoms with van der Waals surface area (Å²) < 4.78 is 5.54. The maximum absolute atomic E-state index is 12.6. The summed E-state index contributed by atoms with van der Waals surface area (Å²) in [5, 5.41) is 0. The van der Waals surface area contributed by atoms with Gasteiger partial charge in [-0.2, -0.15) is 4.98 Å². The van der Waals surface area contributed by atoms with Gasteiger partial charge in [0.15, 0.2) is 0 Å². The van der Waals surface area contributed by atoms with Crippen LogP contribution in [0.25, 0.3) is 0 Å². The molecule has 0 unspecified atom stereocenters. The second-order valence-electron chi connectivity index (χ2n) is 8.08. The van der Waals surface area contributed by atoms with Gasteiger partial charge >= 0.3 is 0 Å². The number of amides is 1. The number of ether oxygens (including phenoxy) is 1. The van der Waals surface area contributed by atoms with Crippen LogP contribution in [0.4, 0.5) is 11.8 Å². The van der Waals surface area contributed by atoms with Crippen molar-refractivity contribution < 1.29 is 9.53 Å². The predicted octanol–water partition coefficient (Wildman–Crippen LogP) is 1.84. The van der Waals surface area contributed by atoms with Gasteiger partial charge in [-0.3, -0.25) is 4.79 Å². The van der Waals surface area contributed by atoms with Crippen LogP contribution >= 0.6 is 0 Å². The van der Waals surface area contributed by atoms with E-state index >= 15 is 0 Å². The van der Waals surface area contributed by atoms with Crippen LogP contribution in [0.2, 0.25) is 0 Å². The van der Waals surface area contributed by atoms with E-state index in [0.717, 1.165) is 75.4 Å². The molecule has 1 aromatic heterocycles. The zero-order chi connectivity index (χ0) is 18.8. The zero-order valence-corrected chi connectivity index (χ0v) is 16.6. The van der Waals surface area contributed by atoms with Crippen LogP contribution in [-0.2, 0) is 22.5 Å². The molecule has 2 fully saturated rings. The molecule has 0 radical (unpaired) electrons. The number of rotatable bonds is 3. The topological polar surface area (TPSA) is 61.8 Å². The fraction of sp³-hybridized carbons (Fsp3) is 0.750. The first kappa shape index (κ1) is 18.5. The molecular weight excluding hydrogens is 342 g/mol. The van der Waals surface area contributed by atoms with Gasteiger partial charge in [-0.05, 0) is 19.3 Å². The summed E-state index contributed by atoms with van der Waals surface area (Å²) in [6, 6.07) is 0. The number of anilines is 2. The molecule has 3 aliphatic heterocycles. The predicted molar refractivity (Wildman–Crippen MR) is 105 cm³/mol. The zero-order valence-electron chi connectivity index (χ0n) is 16.6. The summed E-state index contributed by atoms with van der Waals surface area (Å²) in [5.41, 5.74) is 2.26. The van der Waals surface area contributed by atoms with E-state index in [1.54, 1.807) is 0 Å². The minimum absolute atomic E-state index is 0.0203. The standard InChI is InChI=1S/C20H31N5O2/c1-15(2)19(26)25-9-6-17-16(14-25)18(23-10-12-27-13-11-23)22-20(21-17)24-7-4-3-5-8-24/h15H,3-14H2,1-2H3. The molecule has 7 nitrogen and oxygen atoms in total. The highest BCUT2D eigenvalue weighted by atomic mass is 16.5. The SMILES string of the molecule is CC(C)C(=O)N1CCc2nc(N3CCCCC3)nc(N3CCOCC3)c2C1. The molecule has 4 rings (SSSR count). The summed E-state index contributed by atoms with van der Waals surface area (Å²) in [7, 11) is 0. The van der Waals surface area contributed by atoms with E-state index in [1.807, 2.05) is 18.7 Å². The molecule has 4 heterocycles. The van der Waals surface area contributed by atoms with E-state index < -0.39 is 0 Å². The van der Waals surface area contributed by atoms with Crippen molar-refractivity contribution in [1.82, 2.24) is 14.9 Å². The molecule has 1 amide bonds. The molecule has 148 valence electrons. The quantitative estimate of drug-likeness (QED) is 0.806. The van der Waals surface area contributed by atoms with Gasteiger partial charge in [-0.15, -0.1) is 0 Å². The third-order valence-corrected chi connectivity index (χ3v) is 5.78. The van der Waals surface area contributed by atoms with Crippen LogP contribution in [0.5, 0.6) is 0 Å². The van der Waals surface area contributed by atoms with Crippen LogP contribution in [-0.4, -0.2) is 66.7 Å². The Morgan fingerprint density at radius 1 is 0.963 bits per heavy atom. The minimum Gasteiger partial charge on any atom is -0.378 e. The maximum Gasteiger partial charge on any atom is 0.227 e. The molecule has 0 aliphatic carbocycles. The number of fused-ring (bicyclic) bond motifs is 1. The molecule has 0 bridgehead atoms. The van der Waals surface area contributed by atoms with Gasteiger partial charge < -0.3 is 19.4 Å². The summed E-state index contributed by atoms with van der Waals surface area (Å²) in [5.74, 6) is 2.13. The number of nitrogens with zero attached hydrogens (tertiary/aromatic N) is 5. The molecule has 1 aromatic rings. The lowest BCUT2D eigenvalue weighted by Gasteiger charge is -2.36. The lowest BCUT2D eigenvalue weighted by atomic mass is 10.0. The maximum atomic E-state index is 12.6. The average Bonchev–Trinajstić information content (AvgIpc) is 2.73. The van der Waals surface area contributed by atoms with E-state index in [9.17, 15) is 4.79 Å². The van der Waals surface area contributed by atoms with Gasteiger partial charge in [0.2, 0.25) is 11.9 Å². The summed E-state index contributed by atoms with van der Waals surface area (Å²) in [6.07, 6.45) is 4.53. The second-order valence-corrected chi connectivity index (χ2v) is 8.08. The number of hydrogen-bond donors (Lipinski definition) is 0. The number of carbonyl (C=O) groups excluding carboxylic acids is 1. The Kier molecular flexibility index (Phi) is 5.48. The van der Waals surface area contributed by atoms with Crippen molar-refractivity contribution in [3.05, 3.63) is 11.3 Å². The first-order valence-corrected chi connectivity index (χ1v) is 10.4. The molecule has 3 aliphatic rings. The van der Waals surface area contributed by atoms with E-state index in [4.69, 9.17) is 14.7 Å². The van der Waals surface area contributed by atoms with Gasteiger partial charge in [0, 0.05) is 50.6 Å². The normalized spacial score (nSPS) is 20.8. The van der Waals surface area contributed by atoms with Crippen molar-refractivity contribution in [1.29, 1.82) is 0 Å². The van der Waals surface area contributed by atoms with Crippen molar-refractivity contribution in [3.8, 4) is 0 Å². The van der Waals surface area contributed by atoms with E-state index in [1.165, 1.54) is 19.3 Å². The Hall–Kier alpha value is -1.89. The van der Waals surface area contributed by atoms with E-state index in [0.29, 0.717) is 6.54 Å². The molecule has 0 aromatic carbocycles. The Labute approximate surface area is 161 Å². The Bertz CT molecular complexity index is 681. The smallest absolute Gasteiger partial charge is 0.227 e. The van der Waals surface area contributed by atoms with Crippen molar-refractivity contribution in [2.75, 3.05) is 55.7 Å². The van der Waals surface area contributed by atoms with Gasteiger partial charge in [0.05, 0.1) is 25.5 Å². The molecular formula is C20H31N5O2. The van der Waals surface area contributed by atoms with Crippen molar-refractivity contribution in [2.24, 2.45) is 5.92 Å². The minimum atomic E-state index is 0.0203. The third kappa shape index (κ3) is 3.88. The third-order valence-electron chi connectivity index (χ3n) is 5.78. The van der Waals surface area contributed by atoms with Crippen LogP contribution in [0.15, 0.2) is 0 Å². The number of morpholine rings is 1. The lowest BCUT2D eigenvalue weighted by molar-refractivity contribution is -0.135. The fourth-order valence-electron chi connectivity index (χ4n) is 4.21.